The summed E-state index contributed by atoms with van der Waals surface area (Å²) in [5.41, 5.74) is 1.73. The van der Waals surface area contributed by atoms with Crippen LogP contribution in [0.3, 0.4) is 0 Å². The topological polar surface area (TPSA) is 108 Å². The predicted molar refractivity (Wildman–Crippen MR) is 149 cm³/mol. The second kappa shape index (κ2) is 12.4. The minimum Gasteiger partial charge on any atom is -0.497 e. The molecule has 2 N–H and O–H groups in total. The van der Waals surface area contributed by atoms with Crippen LogP contribution in [-0.2, 0) is 11.3 Å². The molecule has 0 aromatic heterocycles. The molecule has 0 saturated carbocycles. The Morgan fingerprint density at radius 2 is 1.85 bits per heavy atom. The monoisotopic (exact) mass is 561 g/mol. The molecular weight excluding hydrogens is 529 g/mol. The van der Waals surface area contributed by atoms with Crippen LogP contribution in [-0.4, -0.2) is 67.2 Å². The van der Waals surface area contributed by atoms with Crippen molar-refractivity contribution in [2.45, 2.75) is 25.5 Å². The van der Waals surface area contributed by atoms with Crippen LogP contribution in [0.4, 0.5) is 10.1 Å². The van der Waals surface area contributed by atoms with Crippen LogP contribution in [0.5, 0.6) is 11.5 Å². The molecule has 5 rings (SSSR count). The maximum Gasteiger partial charge on any atom is 0.263 e. The number of aliphatic hydroxyl groups excluding tert-OH is 1. The van der Waals surface area contributed by atoms with Gasteiger partial charge in [-0.1, -0.05) is 24.3 Å². The first-order chi connectivity index (χ1) is 19.8. The van der Waals surface area contributed by atoms with E-state index in [1.165, 1.54) is 12.1 Å². The van der Waals surface area contributed by atoms with Crippen molar-refractivity contribution in [1.29, 1.82) is 0 Å². The third-order valence-corrected chi connectivity index (χ3v) is 7.34. The molecule has 1 saturated heterocycles. The van der Waals surface area contributed by atoms with Gasteiger partial charge >= 0.3 is 0 Å². The average Bonchev–Trinajstić information content (AvgIpc) is 3.23. The summed E-state index contributed by atoms with van der Waals surface area (Å²) in [7, 11) is 1.56. The number of carbonyl (C=O) groups is 3. The van der Waals surface area contributed by atoms with Crippen molar-refractivity contribution in [3.8, 4) is 11.5 Å². The number of rotatable bonds is 10. The van der Waals surface area contributed by atoms with Crippen molar-refractivity contribution in [2.75, 3.05) is 38.3 Å². The van der Waals surface area contributed by atoms with Crippen molar-refractivity contribution in [3.63, 3.8) is 0 Å². The maximum absolute atomic E-state index is 13.7. The van der Waals surface area contributed by atoms with E-state index in [2.05, 4.69) is 5.32 Å². The molecule has 0 spiro atoms. The van der Waals surface area contributed by atoms with E-state index in [9.17, 15) is 23.9 Å². The maximum atomic E-state index is 13.7. The first-order valence-electron chi connectivity index (χ1n) is 13.5. The Morgan fingerprint density at radius 1 is 1.07 bits per heavy atom. The number of methoxy groups -OCH3 is 1. The van der Waals surface area contributed by atoms with Crippen molar-refractivity contribution in [3.05, 3.63) is 89.2 Å². The zero-order valence-corrected chi connectivity index (χ0v) is 22.7. The third-order valence-electron chi connectivity index (χ3n) is 7.34. The van der Waals surface area contributed by atoms with Crippen LogP contribution in [0, 0.1) is 11.7 Å². The van der Waals surface area contributed by atoms with Crippen LogP contribution in [0.25, 0.3) is 0 Å². The smallest absolute Gasteiger partial charge is 0.263 e. The van der Waals surface area contributed by atoms with E-state index >= 15 is 0 Å². The number of carbonyl (C=O) groups excluding carboxylic acids is 3. The van der Waals surface area contributed by atoms with E-state index in [4.69, 9.17) is 9.47 Å². The van der Waals surface area contributed by atoms with Gasteiger partial charge < -0.3 is 24.8 Å². The molecule has 2 aliphatic heterocycles. The van der Waals surface area contributed by atoms with Crippen LogP contribution >= 0.6 is 0 Å². The van der Waals surface area contributed by atoms with Crippen molar-refractivity contribution < 1.29 is 33.4 Å². The molecular formula is C31H32FN3O6. The van der Waals surface area contributed by atoms with Gasteiger partial charge in [0.1, 0.15) is 30.0 Å². The molecule has 214 valence electrons. The highest BCUT2D eigenvalue weighted by Crippen LogP contribution is 2.34. The van der Waals surface area contributed by atoms with Gasteiger partial charge in [-0.15, -0.1) is 0 Å². The van der Waals surface area contributed by atoms with Crippen LogP contribution in [0.2, 0.25) is 0 Å². The number of hydrogen-bond acceptors (Lipinski definition) is 7. The number of anilines is 1. The molecule has 3 amide bonds. The molecule has 3 aromatic carbocycles. The second-order valence-corrected chi connectivity index (χ2v) is 10.2. The molecule has 3 aromatic rings. The highest BCUT2D eigenvalue weighted by molar-refractivity contribution is 6.23. The third kappa shape index (κ3) is 6.33. The zero-order chi connectivity index (χ0) is 28.9. The van der Waals surface area contributed by atoms with E-state index in [0.717, 1.165) is 11.3 Å². The quantitative estimate of drug-likeness (QED) is 0.365. The Bertz CT molecular complexity index is 1450. The summed E-state index contributed by atoms with van der Waals surface area (Å²) in [6, 6.07) is 18.0. The lowest BCUT2D eigenvalue weighted by molar-refractivity contribution is -0.125. The van der Waals surface area contributed by atoms with E-state index < -0.39 is 23.7 Å². The number of nitrogens with zero attached hydrogens (tertiary/aromatic N) is 2. The lowest BCUT2D eigenvalue weighted by atomic mass is 9.95. The Balaban J connectivity index is 1.20. The summed E-state index contributed by atoms with van der Waals surface area (Å²) in [4.78, 5) is 42.6. The molecule has 0 aliphatic carbocycles. The van der Waals surface area contributed by atoms with Crippen LogP contribution in [0.15, 0.2) is 66.7 Å². The standard InChI is InChI=1S/C31H32FN3O6/c1-40-24-9-3-10-25(15-24)41-19-23(36)16-33-29(37)21-7-5-13-34(18-21)27-12-4-11-26-28(27)31(39)35(30(26)38)17-20-6-2-8-22(32)14-20/h2-4,6,8-12,14-15,21,23,36H,5,7,13,16-19H2,1H3,(H,33,37). The minimum atomic E-state index is -0.907. The first kappa shape index (κ1) is 28.1. The van der Waals surface area contributed by atoms with Gasteiger partial charge in [0, 0.05) is 25.7 Å². The Morgan fingerprint density at radius 3 is 2.66 bits per heavy atom. The van der Waals surface area contributed by atoms with Crippen molar-refractivity contribution in [1.82, 2.24) is 10.2 Å². The molecule has 9 nitrogen and oxygen atoms in total. The lowest BCUT2D eigenvalue weighted by Crippen LogP contribution is -2.45. The molecule has 2 aliphatic rings. The van der Waals surface area contributed by atoms with E-state index in [-0.39, 0.29) is 31.5 Å². The fourth-order valence-electron chi connectivity index (χ4n) is 5.26. The molecule has 0 bridgehead atoms. The molecule has 2 atom stereocenters. The van der Waals surface area contributed by atoms with Gasteiger partial charge in [-0.05, 0) is 54.8 Å². The summed E-state index contributed by atoms with van der Waals surface area (Å²) < 4.78 is 24.5. The predicted octanol–water partition coefficient (Wildman–Crippen LogP) is 3.40. The molecule has 41 heavy (non-hydrogen) atoms. The summed E-state index contributed by atoms with van der Waals surface area (Å²) in [5, 5.41) is 13.2. The first-order valence-corrected chi connectivity index (χ1v) is 13.5. The average molecular weight is 562 g/mol. The zero-order valence-electron chi connectivity index (χ0n) is 22.7. The molecule has 1 fully saturated rings. The Labute approximate surface area is 237 Å². The SMILES string of the molecule is COc1cccc(OCC(O)CNC(=O)C2CCCN(c3cccc4c3C(=O)N(Cc3cccc(F)c3)C4=O)C2)c1. The number of amides is 3. The van der Waals surface area contributed by atoms with E-state index in [1.54, 1.807) is 61.7 Å². The second-order valence-electron chi connectivity index (χ2n) is 10.2. The van der Waals surface area contributed by atoms with Gasteiger partial charge in [0.05, 0.1) is 36.4 Å². The van der Waals surface area contributed by atoms with Gasteiger partial charge in [-0.25, -0.2) is 4.39 Å². The summed E-state index contributed by atoms with van der Waals surface area (Å²) >= 11 is 0. The number of imide groups is 1. The van der Waals surface area contributed by atoms with Gasteiger partial charge in [-0.2, -0.15) is 0 Å². The highest BCUT2D eigenvalue weighted by atomic mass is 19.1. The number of hydrogen-bond donors (Lipinski definition) is 2. The van der Waals surface area contributed by atoms with Crippen LogP contribution < -0.4 is 19.7 Å². The lowest BCUT2D eigenvalue weighted by Gasteiger charge is -2.34. The van der Waals surface area contributed by atoms with E-state index in [1.807, 2.05) is 4.90 Å². The number of nitrogens with one attached hydrogen (secondary N) is 1. The number of aliphatic hydroxyl groups is 1. The fourth-order valence-corrected chi connectivity index (χ4v) is 5.26. The molecule has 2 unspecified atom stereocenters. The summed E-state index contributed by atoms with van der Waals surface area (Å²) in [5.74, 6) is -0.658. The summed E-state index contributed by atoms with van der Waals surface area (Å²) in [6.45, 7) is 0.996. The fraction of sp³-hybridized carbons (Fsp3) is 0.323. The van der Waals surface area contributed by atoms with Gasteiger partial charge in [0.15, 0.2) is 0 Å². The number of ether oxygens (including phenoxy) is 2. The van der Waals surface area contributed by atoms with E-state index in [0.29, 0.717) is 53.4 Å². The minimum absolute atomic E-state index is 0.00263. The highest BCUT2D eigenvalue weighted by Gasteiger charge is 2.39. The molecule has 10 heteroatoms. The number of benzene rings is 3. The summed E-state index contributed by atoms with van der Waals surface area (Å²) in [6.07, 6.45) is 0.472. The number of halogens is 1. The molecule has 2 heterocycles. The number of fused-ring (bicyclic) bond motifs is 1. The Hall–Kier alpha value is -4.44. The largest absolute Gasteiger partial charge is 0.497 e. The van der Waals surface area contributed by atoms with Gasteiger partial charge in [-0.3, -0.25) is 19.3 Å². The Kier molecular flexibility index (Phi) is 8.49. The van der Waals surface area contributed by atoms with Gasteiger partial charge in [0.2, 0.25) is 5.91 Å². The molecule has 0 radical (unpaired) electrons. The normalized spacial score (nSPS) is 17.3. The van der Waals surface area contributed by atoms with Gasteiger partial charge in [0.25, 0.3) is 11.8 Å². The van der Waals surface area contributed by atoms with Crippen molar-refractivity contribution >= 4 is 23.4 Å². The number of piperidine rings is 1. The van der Waals surface area contributed by atoms with Crippen LogP contribution in [0.1, 0.15) is 39.1 Å². The van der Waals surface area contributed by atoms with Crippen molar-refractivity contribution in [2.24, 2.45) is 5.92 Å².